The van der Waals surface area contributed by atoms with E-state index in [2.05, 4.69) is 41.3 Å². The highest BCUT2D eigenvalue weighted by molar-refractivity contribution is 5.03. The van der Waals surface area contributed by atoms with Crippen LogP contribution in [0.3, 0.4) is 0 Å². The molecule has 0 saturated carbocycles. The van der Waals surface area contributed by atoms with E-state index in [0.29, 0.717) is 5.41 Å². The van der Waals surface area contributed by atoms with E-state index >= 15 is 0 Å². The Bertz CT molecular complexity index is 331. The summed E-state index contributed by atoms with van der Waals surface area (Å²) in [5.74, 6) is 0. The molecular formula is C14H23N3. The third-order valence-corrected chi connectivity index (χ3v) is 3.62. The maximum absolute atomic E-state index is 4.38. The lowest BCUT2D eigenvalue weighted by Gasteiger charge is -2.37. The van der Waals surface area contributed by atoms with Gasteiger partial charge in [0.2, 0.25) is 0 Å². The molecule has 1 saturated heterocycles. The fourth-order valence-corrected chi connectivity index (χ4v) is 2.66. The van der Waals surface area contributed by atoms with E-state index in [0.717, 1.165) is 31.9 Å². The Labute approximate surface area is 104 Å². The van der Waals surface area contributed by atoms with Crippen molar-refractivity contribution in [1.29, 1.82) is 0 Å². The van der Waals surface area contributed by atoms with E-state index in [1.165, 1.54) is 12.8 Å². The molecule has 1 fully saturated rings. The molecule has 1 aromatic heterocycles. The average molecular weight is 233 g/mol. The van der Waals surface area contributed by atoms with Crippen molar-refractivity contribution in [2.75, 3.05) is 26.7 Å². The zero-order valence-corrected chi connectivity index (χ0v) is 10.9. The first kappa shape index (κ1) is 12.5. The molecule has 0 aromatic carbocycles. The highest BCUT2D eigenvalue weighted by atomic mass is 15.1. The standard InChI is InChI=1S/C14H23N3/c1-14(6-9-15-10-7-14)12-17(2)11-13-5-3-4-8-16-13/h3-5,8,15H,6-7,9-12H2,1-2H3. The van der Waals surface area contributed by atoms with Crippen LogP contribution < -0.4 is 5.32 Å². The van der Waals surface area contributed by atoms with Crippen LogP contribution in [0.5, 0.6) is 0 Å². The van der Waals surface area contributed by atoms with Crippen LogP contribution in [0.4, 0.5) is 0 Å². The van der Waals surface area contributed by atoms with Gasteiger partial charge in [-0.15, -0.1) is 0 Å². The molecule has 0 atom stereocenters. The number of piperidine rings is 1. The zero-order chi connectivity index (χ0) is 12.1. The molecule has 0 unspecified atom stereocenters. The molecule has 0 aliphatic carbocycles. The fourth-order valence-electron chi connectivity index (χ4n) is 2.66. The second kappa shape index (κ2) is 5.61. The fraction of sp³-hybridized carbons (Fsp3) is 0.643. The van der Waals surface area contributed by atoms with Crippen LogP contribution >= 0.6 is 0 Å². The Morgan fingerprint density at radius 1 is 1.35 bits per heavy atom. The van der Waals surface area contributed by atoms with Gasteiger partial charge >= 0.3 is 0 Å². The Morgan fingerprint density at radius 3 is 2.76 bits per heavy atom. The van der Waals surface area contributed by atoms with E-state index in [-0.39, 0.29) is 0 Å². The molecule has 3 heteroatoms. The lowest BCUT2D eigenvalue weighted by Crippen LogP contribution is -2.41. The number of hydrogen-bond donors (Lipinski definition) is 1. The minimum absolute atomic E-state index is 0.467. The summed E-state index contributed by atoms with van der Waals surface area (Å²) in [6.07, 6.45) is 4.43. The van der Waals surface area contributed by atoms with Gasteiger partial charge < -0.3 is 10.2 Å². The summed E-state index contributed by atoms with van der Waals surface area (Å²) >= 11 is 0. The number of aromatic nitrogens is 1. The second-order valence-electron chi connectivity index (χ2n) is 5.55. The monoisotopic (exact) mass is 233 g/mol. The van der Waals surface area contributed by atoms with Crippen molar-refractivity contribution >= 4 is 0 Å². The molecule has 0 radical (unpaired) electrons. The van der Waals surface area contributed by atoms with Crippen LogP contribution in [0.15, 0.2) is 24.4 Å². The Hall–Kier alpha value is -0.930. The minimum Gasteiger partial charge on any atom is -0.317 e. The predicted octanol–water partition coefficient (Wildman–Crippen LogP) is 1.90. The van der Waals surface area contributed by atoms with Crippen molar-refractivity contribution in [2.24, 2.45) is 5.41 Å². The summed E-state index contributed by atoms with van der Waals surface area (Å²) in [6.45, 7) is 6.83. The van der Waals surface area contributed by atoms with Gasteiger partial charge in [-0.3, -0.25) is 4.98 Å². The summed E-state index contributed by atoms with van der Waals surface area (Å²) in [4.78, 5) is 6.78. The van der Waals surface area contributed by atoms with E-state index in [1.54, 1.807) is 0 Å². The Kier molecular flexibility index (Phi) is 4.13. The van der Waals surface area contributed by atoms with Crippen LogP contribution in [-0.4, -0.2) is 36.6 Å². The summed E-state index contributed by atoms with van der Waals surface area (Å²) in [6, 6.07) is 6.13. The highest BCUT2D eigenvalue weighted by Crippen LogP contribution is 2.28. The van der Waals surface area contributed by atoms with Gasteiger partial charge in [-0.25, -0.2) is 0 Å². The summed E-state index contributed by atoms with van der Waals surface area (Å²) in [5, 5.41) is 3.43. The van der Waals surface area contributed by atoms with Crippen LogP contribution in [-0.2, 0) is 6.54 Å². The molecular weight excluding hydrogens is 210 g/mol. The van der Waals surface area contributed by atoms with E-state index in [9.17, 15) is 0 Å². The highest BCUT2D eigenvalue weighted by Gasteiger charge is 2.27. The van der Waals surface area contributed by atoms with Crippen molar-refractivity contribution in [1.82, 2.24) is 15.2 Å². The van der Waals surface area contributed by atoms with Gasteiger partial charge in [-0.05, 0) is 50.5 Å². The number of hydrogen-bond acceptors (Lipinski definition) is 3. The molecule has 2 rings (SSSR count). The van der Waals surface area contributed by atoms with Gasteiger partial charge in [0.05, 0.1) is 5.69 Å². The first-order valence-corrected chi connectivity index (χ1v) is 6.47. The molecule has 1 aromatic rings. The van der Waals surface area contributed by atoms with E-state index in [4.69, 9.17) is 0 Å². The molecule has 1 aliphatic rings. The van der Waals surface area contributed by atoms with Gasteiger partial charge in [0.1, 0.15) is 0 Å². The van der Waals surface area contributed by atoms with Gasteiger partial charge in [0, 0.05) is 19.3 Å². The second-order valence-corrected chi connectivity index (χ2v) is 5.55. The number of pyridine rings is 1. The zero-order valence-electron chi connectivity index (χ0n) is 10.9. The first-order chi connectivity index (χ1) is 8.18. The topological polar surface area (TPSA) is 28.2 Å². The van der Waals surface area contributed by atoms with Crippen LogP contribution in [0.1, 0.15) is 25.5 Å². The molecule has 2 heterocycles. The van der Waals surface area contributed by atoms with E-state index < -0.39 is 0 Å². The normalized spacial score (nSPS) is 19.5. The molecule has 0 amide bonds. The maximum Gasteiger partial charge on any atom is 0.0543 e. The smallest absolute Gasteiger partial charge is 0.0543 e. The van der Waals surface area contributed by atoms with Crippen LogP contribution in [0.2, 0.25) is 0 Å². The van der Waals surface area contributed by atoms with Crippen LogP contribution in [0, 0.1) is 5.41 Å². The largest absolute Gasteiger partial charge is 0.317 e. The predicted molar refractivity (Wildman–Crippen MR) is 70.8 cm³/mol. The maximum atomic E-state index is 4.38. The van der Waals surface area contributed by atoms with Crippen molar-refractivity contribution in [2.45, 2.75) is 26.3 Å². The van der Waals surface area contributed by atoms with Crippen molar-refractivity contribution in [3.8, 4) is 0 Å². The van der Waals surface area contributed by atoms with Crippen LogP contribution in [0.25, 0.3) is 0 Å². The van der Waals surface area contributed by atoms with Gasteiger partial charge in [-0.1, -0.05) is 13.0 Å². The summed E-state index contributed by atoms with van der Waals surface area (Å²) in [5.41, 5.74) is 1.63. The number of rotatable bonds is 4. The summed E-state index contributed by atoms with van der Waals surface area (Å²) < 4.78 is 0. The lowest BCUT2D eigenvalue weighted by atomic mass is 9.80. The van der Waals surface area contributed by atoms with Gasteiger partial charge in [0.15, 0.2) is 0 Å². The quantitative estimate of drug-likeness (QED) is 0.861. The molecule has 17 heavy (non-hydrogen) atoms. The molecule has 0 spiro atoms. The SMILES string of the molecule is CN(Cc1ccccn1)CC1(C)CCNCC1. The van der Waals surface area contributed by atoms with Crippen molar-refractivity contribution < 1.29 is 0 Å². The number of nitrogens with zero attached hydrogens (tertiary/aromatic N) is 2. The average Bonchev–Trinajstić information content (AvgIpc) is 2.30. The van der Waals surface area contributed by atoms with Gasteiger partial charge in [0.25, 0.3) is 0 Å². The van der Waals surface area contributed by atoms with Crippen molar-refractivity contribution in [3.05, 3.63) is 30.1 Å². The first-order valence-electron chi connectivity index (χ1n) is 6.47. The van der Waals surface area contributed by atoms with E-state index in [1.807, 2.05) is 12.3 Å². The molecule has 94 valence electrons. The minimum atomic E-state index is 0.467. The number of nitrogens with one attached hydrogen (secondary N) is 1. The molecule has 0 bridgehead atoms. The molecule has 1 N–H and O–H groups in total. The Morgan fingerprint density at radius 2 is 2.12 bits per heavy atom. The molecule has 1 aliphatic heterocycles. The Balaban J connectivity index is 1.86. The lowest BCUT2D eigenvalue weighted by molar-refractivity contribution is 0.142. The van der Waals surface area contributed by atoms with Gasteiger partial charge in [-0.2, -0.15) is 0 Å². The molecule has 3 nitrogen and oxygen atoms in total. The van der Waals surface area contributed by atoms with Crippen molar-refractivity contribution in [3.63, 3.8) is 0 Å². The third-order valence-electron chi connectivity index (χ3n) is 3.62. The third kappa shape index (κ3) is 3.79. The summed E-state index contributed by atoms with van der Waals surface area (Å²) in [7, 11) is 2.20.